The number of rotatable bonds is 5. The first-order valence-electron chi connectivity index (χ1n) is 21.3. The predicted molar refractivity (Wildman–Crippen MR) is 265 cm³/mol. The van der Waals surface area contributed by atoms with Gasteiger partial charge >= 0.3 is 0 Å². The van der Waals surface area contributed by atoms with E-state index in [-0.39, 0.29) is 0 Å². The van der Waals surface area contributed by atoms with Crippen molar-refractivity contribution in [2.45, 2.75) is 0 Å². The summed E-state index contributed by atoms with van der Waals surface area (Å²) in [4.78, 5) is 4.87. The Morgan fingerprint density at radius 2 is 0.532 bits per heavy atom. The van der Waals surface area contributed by atoms with Gasteiger partial charge in [0.15, 0.2) is 0 Å². The molecule has 10 aromatic carbocycles. The van der Waals surface area contributed by atoms with Crippen LogP contribution in [0.2, 0.25) is 0 Å². The van der Waals surface area contributed by atoms with E-state index >= 15 is 0 Å². The topological polar surface area (TPSA) is 6.48 Å². The van der Waals surface area contributed by atoms with Crippen LogP contribution in [0.25, 0.3) is 79.2 Å². The van der Waals surface area contributed by atoms with Crippen LogP contribution in [0.5, 0.6) is 0 Å². The van der Waals surface area contributed by atoms with Gasteiger partial charge in [0.05, 0.1) is 22.7 Å². The zero-order valence-electron chi connectivity index (χ0n) is 34.0. The molecule has 10 aromatic rings. The normalized spacial score (nSPS) is 12.6. The van der Waals surface area contributed by atoms with Gasteiger partial charge in [0.25, 0.3) is 0 Å². The van der Waals surface area contributed by atoms with Crippen molar-refractivity contribution in [1.82, 2.24) is 0 Å². The third-order valence-corrected chi connectivity index (χ3v) is 12.5. The minimum Gasteiger partial charge on any atom is -0.309 e. The Bertz CT molecular complexity index is 3300. The van der Waals surface area contributed by atoms with Crippen molar-refractivity contribution in [3.8, 4) is 33.4 Å². The number of nitrogens with zero attached hydrogens (tertiary/aromatic N) is 2. The number of benzene rings is 10. The maximum Gasteiger partial charge on any atom is 0.0534 e. The maximum absolute atomic E-state index is 2.43. The first-order chi connectivity index (χ1) is 30.8. The SMILES string of the molecule is C1=Cc2ccccc2N(c2ccc3c(-c4ccc(-c5ccccc5)cc4)c4cc(N5c6ccccc6C=Cc6ccccc65)ccc4c(-c4ccccc4)c3c2)c2ccccc21. The number of anilines is 6. The third-order valence-electron chi connectivity index (χ3n) is 12.5. The van der Waals surface area contributed by atoms with Crippen molar-refractivity contribution >= 4 is 80.0 Å². The molecule has 0 saturated carbocycles. The second-order valence-corrected chi connectivity index (χ2v) is 16.1. The highest BCUT2D eigenvalue weighted by Crippen LogP contribution is 2.50. The van der Waals surface area contributed by atoms with Crippen LogP contribution >= 0.6 is 0 Å². The average Bonchev–Trinajstić information content (AvgIpc) is 3.62. The number of hydrogen-bond acceptors (Lipinski definition) is 2. The Morgan fingerprint density at radius 3 is 0.935 bits per heavy atom. The molecule has 0 aromatic heterocycles. The van der Waals surface area contributed by atoms with Crippen molar-refractivity contribution < 1.29 is 0 Å². The van der Waals surface area contributed by atoms with Gasteiger partial charge in [0, 0.05) is 11.4 Å². The van der Waals surface area contributed by atoms with Crippen molar-refractivity contribution in [2.75, 3.05) is 9.80 Å². The van der Waals surface area contributed by atoms with Gasteiger partial charge in [0.2, 0.25) is 0 Å². The largest absolute Gasteiger partial charge is 0.309 e. The first kappa shape index (κ1) is 35.7. The number of hydrogen-bond donors (Lipinski definition) is 0. The van der Waals surface area contributed by atoms with E-state index in [1.165, 1.54) is 77.2 Å². The van der Waals surface area contributed by atoms with Crippen molar-refractivity contribution in [3.05, 3.63) is 241 Å². The highest BCUT2D eigenvalue weighted by Gasteiger charge is 2.25. The zero-order valence-corrected chi connectivity index (χ0v) is 34.0. The lowest BCUT2D eigenvalue weighted by Crippen LogP contribution is -2.12. The number of fused-ring (bicyclic) bond motifs is 6. The van der Waals surface area contributed by atoms with E-state index in [0.717, 1.165) is 34.1 Å². The molecule has 290 valence electrons. The van der Waals surface area contributed by atoms with E-state index in [0.29, 0.717) is 0 Å². The molecule has 2 heterocycles. The van der Waals surface area contributed by atoms with Crippen LogP contribution in [0.4, 0.5) is 34.1 Å². The van der Waals surface area contributed by atoms with E-state index in [1.807, 2.05) is 0 Å². The molecule has 0 radical (unpaired) electrons. The van der Waals surface area contributed by atoms with Crippen molar-refractivity contribution in [2.24, 2.45) is 0 Å². The van der Waals surface area contributed by atoms with E-state index in [9.17, 15) is 0 Å². The van der Waals surface area contributed by atoms with Crippen LogP contribution in [0.1, 0.15) is 22.3 Å². The second-order valence-electron chi connectivity index (χ2n) is 16.1. The predicted octanol–water partition coefficient (Wildman–Crippen LogP) is 16.9. The van der Waals surface area contributed by atoms with Crippen LogP contribution in [0, 0.1) is 0 Å². The standard InChI is InChI=1S/C60H40N2/c1-3-15-41(16-4-1)42-27-33-48(34-28-42)60-52-38-36-49(61-55-23-11-7-17-43(55)29-30-44-18-8-12-24-56(44)61)39-53(52)59(47-21-5-2-6-22-47)51-37-35-50(40-54(51)60)62-57-25-13-9-19-45(57)31-32-46-20-10-14-26-58(46)62/h1-40H. The van der Waals surface area contributed by atoms with Crippen LogP contribution in [0.15, 0.2) is 218 Å². The molecule has 2 aliphatic heterocycles. The highest BCUT2D eigenvalue weighted by atomic mass is 15.2. The Hall–Kier alpha value is -8.20. The second kappa shape index (κ2) is 14.8. The molecule has 12 rings (SSSR count). The molecule has 0 bridgehead atoms. The Balaban J connectivity index is 1.17. The quantitative estimate of drug-likeness (QED) is 0.160. The average molecular weight is 789 g/mol. The van der Waals surface area contributed by atoms with E-state index in [4.69, 9.17) is 0 Å². The van der Waals surface area contributed by atoms with Gasteiger partial charge in [-0.25, -0.2) is 0 Å². The fourth-order valence-corrected chi connectivity index (χ4v) is 9.67. The molecular weight excluding hydrogens is 749 g/mol. The Labute approximate surface area is 362 Å². The summed E-state index contributed by atoms with van der Waals surface area (Å²) in [5.41, 5.74) is 18.8. The van der Waals surface area contributed by atoms with Crippen molar-refractivity contribution in [3.63, 3.8) is 0 Å². The minimum absolute atomic E-state index is 1.11. The molecule has 0 fully saturated rings. The molecule has 0 amide bonds. The summed E-state index contributed by atoms with van der Waals surface area (Å²) in [6.45, 7) is 0. The van der Waals surface area contributed by atoms with Gasteiger partial charge in [-0.2, -0.15) is 0 Å². The van der Waals surface area contributed by atoms with Crippen LogP contribution < -0.4 is 9.80 Å². The smallest absolute Gasteiger partial charge is 0.0534 e. The highest BCUT2D eigenvalue weighted by molar-refractivity contribution is 6.23. The first-order valence-corrected chi connectivity index (χ1v) is 21.3. The lowest BCUT2D eigenvalue weighted by molar-refractivity contribution is 1.28. The lowest BCUT2D eigenvalue weighted by atomic mass is 9.85. The summed E-state index contributed by atoms with van der Waals surface area (Å²) in [5, 5.41) is 4.82. The summed E-state index contributed by atoms with van der Waals surface area (Å²) in [6.07, 6.45) is 8.96. The monoisotopic (exact) mass is 788 g/mol. The van der Waals surface area contributed by atoms with E-state index < -0.39 is 0 Å². The molecular formula is C60H40N2. The molecule has 0 N–H and O–H groups in total. The molecule has 0 aliphatic carbocycles. The molecule has 2 nitrogen and oxygen atoms in total. The summed E-state index contributed by atoms with van der Waals surface area (Å²) >= 11 is 0. The van der Waals surface area contributed by atoms with Gasteiger partial charge < -0.3 is 9.80 Å². The Kier molecular flexibility index (Phi) is 8.53. The fraction of sp³-hybridized carbons (Fsp3) is 0. The Morgan fingerprint density at radius 1 is 0.226 bits per heavy atom. The third kappa shape index (κ3) is 5.96. The van der Waals surface area contributed by atoms with Crippen LogP contribution in [-0.4, -0.2) is 0 Å². The summed E-state index contributed by atoms with van der Waals surface area (Å²) in [6, 6.07) is 79.9. The van der Waals surface area contributed by atoms with Crippen LogP contribution in [0.3, 0.4) is 0 Å². The summed E-state index contributed by atoms with van der Waals surface area (Å²) in [7, 11) is 0. The van der Waals surface area contributed by atoms with Gasteiger partial charge in [0.1, 0.15) is 0 Å². The molecule has 0 unspecified atom stereocenters. The molecule has 2 heteroatoms. The molecule has 0 atom stereocenters. The van der Waals surface area contributed by atoms with Crippen LogP contribution in [-0.2, 0) is 0 Å². The van der Waals surface area contributed by atoms with Gasteiger partial charge in [-0.15, -0.1) is 0 Å². The molecule has 2 aliphatic rings. The van der Waals surface area contributed by atoms with Gasteiger partial charge in [-0.05, 0) is 126 Å². The maximum atomic E-state index is 2.43. The molecule has 0 spiro atoms. The minimum atomic E-state index is 1.11. The van der Waals surface area contributed by atoms with Gasteiger partial charge in [-0.3, -0.25) is 0 Å². The summed E-state index contributed by atoms with van der Waals surface area (Å²) in [5.74, 6) is 0. The summed E-state index contributed by atoms with van der Waals surface area (Å²) < 4.78 is 0. The van der Waals surface area contributed by atoms with Crippen molar-refractivity contribution in [1.29, 1.82) is 0 Å². The molecule has 0 saturated heterocycles. The lowest BCUT2D eigenvalue weighted by Gasteiger charge is -2.29. The van der Waals surface area contributed by atoms with E-state index in [1.54, 1.807) is 0 Å². The van der Waals surface area contributed by atoms with E-state index in [2.05, 4.69) is 252 Å². The fourth-order valence-electron chi connectivity index (χ4n) is 9.67. The molecule has 62 heavy (non-hydrogen) atoms. The number of para-hydroxylation sites is 4. The zero-order chi connectivity index (χ0) is 41.0. The van der Waals surface area contributed by atoms with Gasteiger partial charge in [-0.1, -0.05) is 194 Å².